The highest BCUT2D eigenvalue weighted by atomic mass is 32.1. The van der Waals surface area contributed by atoms with Gasteiger partial charge in [-0.1, -0.05) is 12.1 Å². The van der Waals surface area contributed by atoms with Crippen molar-refractivity contribution in [3.8, 4) is 11.4 Å². The van der Waals surface area contributed by atoms with Crippen LogP contribution in [-0.4, -0.2) is 25.4 Å². The Kier molecular flexibility index (Phi) is 4.18. The number of anilines is 1. The normalized spacial score (nSPS) is 11.2. The van der Waals surface area contributed by atoms with Gasteiger partial charge in [-0.25, -0.2) is 9.97 Å². The van der Waals surface area contributed by atoms with Gasteiger partial charge in [0.1, 0.15) is 17.2 Å². The molecule has 0 saturated heterocycles. The number of H-pyrrole nitrogens is 1. The fraction of sp³-hybridized carbons (Fsp3) is 0.0476. The number of rotatable bonds is 4. The Balaban J connectivity index is 1.31. The van der Waals surface area contributed by atoms with Crippen molar-refractivity contribution in [2.45, 2.75) is 6.54 Å². The van der Waals surface area contributed by atoms with Crippen molar-refractivity contribution in [3.05, 3.63) is 76.7 Å². The van der Waals surface area contributed by atoms with Gasteiger partial charge in [0.25, 0.3) is 5.56 Å². The molecule has 2 aromatic carbocycles. The number of carbonyl (C=O) groups excluding carboxylic acids is 1. The Bertz CT molecular complexity index is 1370. The summed E-state index contributed by atoms with van der Waals surface area (Å²) in [5.41, 5.74) is 3.23. The maximum Gasteiger partial charge on any atom is 0.262 e. The number of amides is 1. The number of nitrogens with one attached hydrogen (secondary N) is 2. The van der Waals surface area contributed by atoms with Gasteiger partial charge < -0.3 is 10.3 Å². The number of benzene rings is 2. The van der Waals surface area contributed by atoms with Crippen LogP contribution in [0.2, 0.25) is 0 Å². The van der Waals surface area contributed by atoms with Crippen molar-refractivity contribution >= 4 is 44.2 Å². The predicted octanol–water partition coefficient (Wildman–Crippen LogP) is 3.64. The maximum atomic E-state index is 12.4. The molecule has 2 N–H and O–H groups in total. The standard InChI is InChI=1S/C21H15N5O2S/c27-18(11-26-12-22-20-15(21(26)28)9-10-29-20)23-14-7-5-13(6-8-14)19-24-16-3-1-2-4-17(16)25-19/h1-10,12H,11H2,(H,23,27)(H,24,25). The lowest BCUT2D eigenvalue weighted by molar-refractivity contribution is -0.116. The summed E-state index contributed by atoms with van der Waals surface area (Å²) in [6.45, 7) is -0.0943. The topological polar surface area (TPSA) is 92.7 Å². The molecule has 142 valence electrons. The molecule has 0 unspecified atom stereocenters. The van der Waals surface area contributed by atoms with Crippen LogP contribution < -0.4 is 10.9 Å². The number of hydrogen-bond acceptors (Lipinski definition) is 5. The first-order chi connectivity index (χ1) is 14.2. The van der Waals surface area contributed by atoms with Gasteiger partial charge in [-0.05, 0) is 47.8 Å². The molecule has 8 heteroatoms. The van der Waals surface area contributed by atoms with Crippen molar-refractivity contribution in [3.63, 3.8) is 0 Å². The molecular weight excluding hydrogens is 386 g/mol. The zero-order valence-corrected chi connectivity index (χ0v) is 15.9. The van der Waals surface area contributed by atoms with Gasteiger partial charge >= 0.3 is 0 Å². The van der Waals surface area contributed by atoms with Gasteiger partial charge in [-0.3, -0.25) is 14.2 Å². The molecule has 5 rings (SSSR count). The van der Waals surface area contributed by atoms with Gasteiger partial charge in [0.15, 0.2) is 0 Å². The lowest BCUT2D eigenvalue weighted by Crippen LogP contribution is -2.27. The molecule has 1 amide bonds. The quantitative estimate of drug-likeness (QED) is 0.481. The molecule has 0 bridgehead atoms. The molecule has 0 fully saturated rings. The van der Waals surface area contributed by atoms with Crippen molar-refractivity contribution < 1.29 is 4.79 Å². The number of aromatic nitrogens is 4. The van der Waals surface area contributed by atoms with E-state index in [0.717, 1.165) is 22.4 Å². The van der Waals surface area contributed by atoms with Crippen LogP contribution in [0.1, 0.15) is 0 Å². The molecule has 29 heavy (non-hydrogen) atoms. The Hall–Kier alpha value is -3.78. The third kappa shape index (κ3) is 3.30. The number of imidazole rings is 1. The van der Waals surface area contributed by atoms with Crippen LogP contribution in [0.3, 0.4) is 0 Å². The fourth-order valence-electron chi connectivity index (χ4n) is 3.16. The van der Waals surface area contributed by atoms with Crippen LogP contribution in [0.4, 0.5) is 5.69 Å². The maximum absolute atomic E-state index is 12.4. The summed E-state index contributed by atoms with van der Waals surface area (Å²) in [4.78, 5) is 37.5. The van der Waals surface area contributed by atoms with Crippen LogP contribution in [0.5, 0.6) is 0 Å². The molecule has 0 saturated carbocycles. The third-order valence-corrected chi connectivity index (χ3v) is 5.42. The van der Waals surface area contributed by atoms with E-state index in [9.17, 15) is 9.59 Å². The number of thiophene rings is 1. The SMILES string of the molecule is O=C(Cn1cnc2sccc2c1=O)Nc1ccc(-c2nc3ccccc3[nH]2)cc1. The molecule has 5 aromatic rings. The van der Waals surface area contributed by atoms with E-state index in [4.69, 9.17) is 0 Å². The molecule has 0 atom stereocenters. The molecule has 0 radical (unpaired) electrons. The number of hydrogen-bond donors (Lipinski definition) is 2. The van der Waals surface area contributed by atoms with E-state index in [-0.39, 0.29) is 18.0 Å². The average Bonchev–Trinajstić information content (AvgIpc) is 3.38. The van der Waals surface area contributed by atoms with Gasteiger partial charge in [0, 0.05) is 11.3 Å². The van der Waals surface area contributed by atoms with E-state index >= 15 is 0 Å². The number of para-hydroxylation sites is 2. The largest absolute Gasteiger partial charge is 0.338 e. The lowest BCUT2D eigenvalue weighted by atomic mass is 10.2. The summed E-state index contributed by atoms with van der Waals surface area (Å²) in [5, 5.41) is 5.15. The Morgan fingerprint density at radius 2 is 1.93 bits per heavy atom. The number of nitrogens with zero attached hydrogens (tertiary/aromatic N) is 3. The minimum Gasteiger partial charge on any atom is -0.338 e. The number of aromatic amines is 1. The molecular formula is C21H15N5O2S. The van der Waals surface area contributed by atoms with Crippen molar-refractivity contribution in [1.29, 1.82) is 0 Å². The molecule has 0 aliphatic carbocycles. The Labute approximate surface area is 168 Å². The molecule has 0 aliphatic rings. The summed E-state index contributed by atoms with van der Waals surface area (Å²) in [6, 6.07) is 17.0. The Morgan fingerprint density at radius 1 is 1.10 bits per heavy atom. The first-order valence-electron chi connectivity index (χ1n) is 8.95. The first-order valence-corrected chi connectivity index (χ1v) is 9.83. The van der Waals surface area contributed by atoms with Gasteiger partial charge in [0.05, 0.1) is 22.7 Å². The van der Waals surface area contributed by atoms with Crippen LogP contribution in [0, 0.1) is 0 Å². The van der Waals surface area contributed by atoms with E-state index in [0.29, 0.717) is 15.9 Å². The molecule has 3 heterocycles. The monoisotopic (exact) mass is 401 g/mol. The summed E-state index contributed by atoms with van der Waals surface area (Å²) in [7, 11) is 0. The van der Waals surface area contributed by atoms with Crippen LogP contribution >= 0.6 is 11.3 Å². The Morgan fingerprint density at radius 3 is 2.76 bits per heavy atom. The highest BCUT2D eigenvalue weighted by Crippen LogP contribution is 2.22. The van der Waals surface area contributed by atoms with Gasteiger partial charge in [0.2, 0.25) is 5.91 Å². The summed E-state index contributed by atoms with van der Waals surface area (Å²) >= 11 is 1.40. The van der Waals surface area contributed by atoms with E-state index < -0.39 is 0 Å². The third-order valence-electron chi connectivity index (χ3n) is 4.60. The van der Waals surface area contributed by atoms with Gasteiger partial charge in [-0.15, -0.1) is 11.3 Å². The van der Waals surface area contributed by atoms with E-state index in [1.807, 2.05) is 53.9 Å². The summed E-state index contributed by atoms with van der Waals surface area (Å²) in [6.07, 6.45) is 1.41. The second-order valence-electron chi connectivity index (χ2n) is 6.55. The highest BCUT2D eigenvalue weighted by molar-refractivity contribution is 7.16. The smallest absolute Gasteiger partial charge is 0.262 e. The molecule has 3 aromatic heterocycles. The van der Waals surface area contributed by atoms with E-state index in [1.54, 1.807) is 6.07 Å². The summed E-state index contributed by atoms with van der Waals surface area (Å²) in [5.74, 6) is 0.478. The second kappa shape index (κ2) is 6.99. The molecule has 7 nitrogen and oxygen atoms in total. The minimum atomic E-state index is -0.292. The van der Waals surface area contributed by atoms with Crippen molar-refractivity contribution in [2.75, 3.05) is 5.32 Å². The van der Waals surface area contributed by atoms with Crippen molar-refractivity contribution in [1.82, 2.24) is 19.5 Å². The van der Waals surface area contributed by atoms with E-state index in [1.165, 1.54) is 22.2 Å². The minimum absolute atomic E-state index is 0.0943. The van der Waals surface area contributed by atoms with E-state index in [2.05, 4.69) is 20.3 Å². The number of carbonyl (C=O) groups is 1. The molecule has 0 spiro atoms. The summed E-state index contributed by atoms with van der Waals surface area (Å²) < 4.78 is 1.31. The van der Waals surface area contributed by atoms with Crippen LogP contribution in [-0.2, 0) is 11.3 Å². The average molecular weight is 401 g/mol. The fourth-order valence-corrected chi connectivity index (χ4v) is 3.89. The number of fused-ring (bicyclic) bond motifs is 2. The zero-order chi connectivity index (χ0) is 19.8. The van der Waals surface area contributed by atoms with Crippen LogP contribution in [0.25, 0.3) is 32.6 Å². The lowest BCUT2D eigenvalue weighted by Gasteiger charge is -2.07. The van der Waals surface area contributed by atoms with Crippen molar-refractivity contribution in [2.24, 2.45) is 0 Å². The highest BCUT2D eigenvalue weighted by Gasteiger charge is 2.10. The second-order valence-corrected chi connectivity index (χ2v) is 7.44. The predicted molar refractivity (Wildman–Crippen MR) is 114 cm³/mol. The molecule has 0 aliphatic heterocycles. The van der Waals surface area contributed by atoms with Crippen LogP contribution in [0.15, 0.2) is 71.1 Å². The first kappa shape index (κ1) is 17.3. The zero-order valence-electron chi connectivity index (χ0n) is 15.1. The van der Waals surface area contributed by atoms with Gasteiger partial charge in [-0.2, -0.15) is 0 Å².